The topological polar surface area (TPSA) is 95.0 Å². The van der Waals surface area contributed by atoms with Crippen LogP contribution in [0.2, 0.25) is 0 Å². The summed E-state index contributed by atoms with van der Waals surface area (Å²) in [4.78, 5) is 26.1. The quantitative estimate of drug-likeness (QED) is 0.355. The number of rotatable bonds is 6. The highest BCUT2D eigenvalue weighted by Gasteiger charge is 2.17. The fourth-order valence-corrected chi connectivity index (χ4v) is 3.30. The van der Waals surface area contributed by atoms with E-state index in [1.807, 2.05) is 18.4 Å². The van der Waals surface area contributed by atoms with Crippen molar-refractivity contribution < 1.29 is 4.21 Å². The van der Waals surface area contributed by atoms with Crippen molar-refractivity contribution in [3.8, 4) is 5.82 Å². The van der Waals surface area contributed by atoms with Crippen LogP contribution in [0, 0.1) is 0 Å². The lowest BCUT2D eigenvalue weighted by Gasteiger charge is -2.11. The summed E-state index contributed by atoms with van der Waals surface area (Å²) in [5.74, 6) is 0.529. The maximum absolute atomic E-state index is 12.8. The lowest BCUT2D eigenvalue weighted by molar-refractivity contribution is 0.594. The molecular weight excluding hydrogens is 384 g/mol. The van der Waals surface area contributed by atoms with Crippen LogP contribution in [0.15, 0.2) is 51.4 Å². The summed E-state index contributed by atoms with van der Waals surface area (Å²) in [7, 11) is -2.22. The number of fused-ring (bicyclic) bond motifs is 1. The third-order valence-electron chi connectivity index (χ3n) is 3.68. The molecule has 0 aromatic carbocycles. The van der Waals surface area contributed by atoms with Gasteiger partial charge in [-0.3, -0.25) is 9.00 Å². The molecule has 3 aromatic heterocycles. The van der Waals surface area contributed by atoms with Crippen LogP contribution in [0.4, 0.5) is 0 Å². The van der Waals surface area contributed by atoms with E-state index < -0.39 is 9.73 Å². The zero-order chi connectivity index (χ0) is 19.6. The highest BCUT2D eigenvalue weighted by Crippen LogP contribution is 2.17. The van der Waals surface area contributed by atoms with Crippen molar-refractivity contribution in [3.63, 3.8) is 0 Å². The van der Waals surface area contributed by atoms with Crippen LogP contribution in [-0.2, 0) is 22.8 Å². The number of hydrogen-bond donors (Lipinski definition) is 0. The molecule has 0 bridgehead atoms. The van der Waals surface area contributed by atoms with Gasteiger partial charge in [0.25, 0.3) is 5.56 Å². The molecule has 0 atom stereocenters. The molecule has 10 heteroatoms. The van der Waals surface area contributed by atoms with Gasteiger partial charge < -0.3 is 0 Å². The molecule has 3 heterocycles. The van der Waals surface area contributed by atoms with E-state index in [4.69, 9.17) is 0 Å². The first kappa shape index (κ1) is 19.3. The zero-order valence-electron chi connectivity index (χ0n) is 15.3. The minimum Gasteiger partial charge on any atom is -0.267 e. The molecule has 0 N–H and O–H groups in total. The Morgan fingerprint density at radius 3 is 2.78 bits per heavy atom. The summed E-state index contributed by atoms with van der Waals surface area (Å²) in [6, 6.07) is 5.42. The highest BCUT2D eigenvalue weighted by molar-refractivity contribution is 7.98. The summed E-state index contributed by atoms with van der Waals surface area (Å²) in [5, 5.41) is 0.978. The molecule has 3 aromatic rings. The maximum Gasteiger partial charge on any atom is 0.278 e. The van der Waals surface area contributed by atoms with Gasteiger partial charge in [-0.2, -0.15) is 0 Å². The number of pyridine rings is 1. The number of thioether (sulfide) groups is 1. The Kier molecular flexibility index (Phi) is 5.47. The van der Waals surface area contributed by atoms with Crippen LogP contribution in [0.3, 0.4) is 0 Å². The Hall–Kier alpha value is -2.46. The number of allylic oxidation sites excluding steroid dienone is 1. The monoisotopic (exact) mass is 404 g/mol. The van der Waals surface area contributed by atoms with Gasteiger partial charge in [0.15, 0.2) is 16.6 Å². The predicted molar refractivity (Wildman–Crippen MR) is 109 cm³/mol. The van der Waals surface area contributed by atoms with Gasteiger partial charge in [0.1, 0.15) is 5.39 Å². The van der Waals surface area contributed by atoms with Gasteiger partial charge in [0.05, 0.1) is 18.8 Å². The van der Waals surface area contributed by atoms with Crippen molar-refractivity contribution in [2.75, 3.05) is 18.8 Å². The molecule has 0 amide bonds. The van der Waals surface area contributed by atoms with Crippen LogP contribution in [0.25, 0.3) is 16.9 Å². The Bertz CT molecular complexity index is 1180. The first-order valence-electron chi connectivity index (χ1n) is 8.06. The number of aromatic nitrogens is 5. The van der Waals surface area contributed by atoms with E-state index in [1.165, 1.54) is 22.6 Å². The minimum atomic E-state index is -2.22. The molecule has 0 aliphatic heterocycles. The standard InChI is InChI=1S/C17H20N6O2S2/c1-5-9-22-16(24)13-11-18-17(26-2)21-15(13)23(22)14-8-6-7-12(20-14)10-19-27(3,4)25/h5-8,11H,1,9-10H2,2-4H3. The van der Waals surface area contributed by atoms with Crippen molar-refractivity contribution in [1.29, 1.82) is 0 Å². The van der Waals surface area contributed by atoms with E-state index in [0.29, 0.717) is 34.2 Å². The molecule has 0 radical (unpaired) electrons. The Morgan fingerprint density at radius 2 is 2.11 bits per heavy atom. The van der Waals surface area contributed by atoms with E-state index in [9.17, 15) is 9.00 Å². The first-order valence-corrected chi connectivity index (χ1v) is 11.6. The fourth-order valence-electron chi connectivity index (χ4n) is 2.53. The Balaban J connectivity index is 2.24. The summed E-state index contributed by atoms with van der Waals surface area (Å²) >= 11 is 1.40. The smallest absolute Gasteiger partial charge is 0.267 e. The molecule has 0 unspecified atom stereocenters. The lowest BCUT2D eigenvalue weighted by atomic mass is 10.3. The van der Waals surface area contributed by atoms with E-state index in [1.54, 1.807) is 29.3 Å². The SMILES string of the molecule is C=CCn1c(=O)c2cnc(SC)nc2n1-c1cccc(CN=S(C)(C)=O)n1. The van der Waals surface area contributed by atoms with Gasteiger partial charge in [-0.05, 0) is 18.4 Å². The van der Waals surface area contributed by atoms with Crippen LogP contribution >= 0.6 is 11.8 Å². The second-order valence-corrected chi connectivity index (χ2v) is 9.43. The van der Waals surface area contributed by atoms with E-state index in [2.05, 4.69) is 25.9 Å². The van der Waals surface area contributed by atoms with Crippen molar-refractivity contribution in [2.45, 2.75) is 18.2 Å². The van der Waals surface area contributed by atoms with Gasteiger partial charge in [-0.25, -0.2) is 28.7 Å². The molecule has 0 spiro atoms. The van der Waals surface area contributed by atoms with Gasteiger partial charge in [-0.1, -0.05) is 23.9 Å². The summed E-state index contributed by atoms with van der Waals surface area (Å²) in [6.45, 7) is 4.26. The molecule has 0 saturated heterocycles. The molecule has 0 saturated carbocycles. The second-order valence-electron chi connectivity index (χ2n) is 6.04. The summed E-state index contributed by atoms with van der Waals surface area (Å²) in [5.41, 5.74) is 0.930. The van der Waals surface area contributed by atoms with Gasteiger partial charge in [0.2, 0.25) is 0 Å². The third kappa shape index (κ3) is 4.11. The normalized spacial score (nSPS) is 11.7. The third-order valence-corrected chi connectivity index (χ3v) is 5.00. The predicted octanol–water partition coefficient (Wildman–Crippen LogP) is 2.11. The molecule has 0 fully saturated rings. The van der Waals surface area contributed by atoms with E-state index in [-0.39, 0.29) is 12.1 Å². The van der Waals surface area contributed by atoms with E-state index in [0.717, 1.165) is 0 Å². The number of nitrogens with zero attached hydrogens (tertiary/aromatic N) is 6. The van der Waals surface area contributed by atoms with Gasteiger partial charge in [-0.15, -0.1) is 6.58 Å². The molecule has 0 aliphatic rings. The molecule has 27 heavy (non-hydrogen) atoms. The molecule has 8 nitrogen and oxygen atoms in total. The minimum absolute atomic E-state index is 0.209. The molecule has 142 valence electrons. The van der Waals surface area contributed by atoms with Crippen LogP contribution in [-0.4, -0.2) is 47.3 Å². The molecule has 3 rings (SSSR count). The second kappa shape index (κ2) is 7.65. The van der Waals surface area contributed by atoms with Crippen LogP contribution < -0.4 is 5.56 Å². The zero-order valence-corrected chi connectivity index (χ0v) is 17.0. The van der Waals surface area contributed by atoms with Gasteiger partial charge in [0, 0.05) is 28.4 Å². The average Bonchev–Trinajstić information content (AvgIpc) is 2.91. The average molecular weight is 405 g/mol. The Morgan fingerprint density at radius 1 is 1.33 bits per heavy atom. The van der Waals surface area contributed by atoms with Crippen molar-refractivity contribution in [3.05, 3.63) is 53.1 Å². The Labute approximate surface area is 161 Å². The summed E-state index contributed by atoms with van der Waals surface area (Å²) in [6.07, 6.45) is 8.22. The van der Waals surface area contributed by atoms with Crippen LogP contribution in [0.1, 0.15) is 5.69 Å². The maximum atomic E-state index is 12.8. The first-order chi connectivity index (χ1) is 12.8. The van der Waals surface area contributed by atoms with E-state index >= 15 is 0 Å². The molecule has 0 aliphatic carbocycles. The van der Waals surface area contributed by atoms with Gasteiger partial charge >= 0.3 is 0 Å². The molecular formula is C17H20N6O2S2. The fraction of sp³-hybridized carbons (Fsp3) is 0.294. The van der Waals surface area contributed by atoms with Crippen molar-refractivity contribution in [1.82, 2.24) is 24.3 Å². The van der Waals surface area contributed by atoms with Crippen molar-refractivity contribution >= 4 is 32.5 Å². The number of hydrogen-bond acceptors (Lipinski definition) is 7. The van der Waals surface area contributed by atoms with Crippen LogP contribution in [0.5, 0.6) is 0 Å². The van der Waals surface area contributed by atoms with Crippen molar-refractivity contribution in [2.24, 2.45) is 4.36 Å². The summed E-state index contributed by atoms with van der Waals surface area (Å²) < 4.78 is 19.2. The lowest BCUT2D eigenvalue weighted by Crippen LogP contribution is -2.22. The largest absolute Gasteiger partial charge is 0.278 e. The highest BCUT2D eigenvalue weighted by atomic mass is 32.2.